The van der Waals surface area contributed by atoms with Crippen molar-refractivity contribution in [3.63, 3.8) is 0 Å². The summed E-state index contributed by atoms with van der Waals surface area (Å²) in [6, 6.07) is 14.1. The van der Waals surface area contributed by atoms with E-state index in [-0.39, 0.29) is 11.9 Å². The van der Waals surface area contributed by atoms with E-state index in [1.165, 1.54) is 5.56 Å². The van der Waals surface area contributed by atoms with Crippen molar-refractivity contribution in [2.45, 2.75) is 85.4 Å². The zero-order valence-corrected chi connectivity index (χ0v) is 22.8. The van der Waals surface area contributed by atoms with Gasteiger partial charge in [0.1, 0.15) is 11.5 Å². The minimum absolute atomic E-state index is 0.292. The number of carbonyl (C=O) groups is 2. The summed E-state index contributed by atoms with van der Waals surface area (Å²) >= 11 is 0. The molecule has 0 saturated heterocycles. The number of hydrogen-bond donors (Lipinski definition) is 0. The SMILES string of the molecule is CCCCCc1ccc2c(OC(CC)C(=O)OCC)c3ccccc3c(OC(CC)C(=O)OCC)c2c1. The summed E-state index contributed by atoms with van der Waals surface area (Å²) in [5.41, 5.74) is 1.19. The van der Waals surface area contributed by atoms with E-state index in [0.717, 1.165) is 47.2 Å². The molecule has 0 amide bonds. The van der Waals surface area contributed by atoms with Crippen LogP contribution in [0, 0.1) is 0 Å². The predicted molar refractivity (Wildman–Crippen MR) is 147 cm³/mol. The van der Waals surface area contributed by atoms with Gasteiger partial charge in [0, 0.05) is 21.5 Å². The smallest absolute Gasteiger partial charge is 0.347 e. The van der Waals surface area contributed by atoms with E-state index in [9.17, 15) is 9.59 Å². The van der Waals surface area contributed by atoms with Crippen LogP contribution in [-0.4, -0.2) is 37.4 Å². The molecule has 0 bridgehead atoms. The van der Waals surface area contributed by atoms with Crippen LogP contribution in [0.15, 0.2) is 42.5 Å². The Bertz CT molecular complexity index is 1200. The highest BCUT2D eigenvalue weighted by Gasteiger charge is 2.26. The van der Waals surface area contributed by atoms with Gasteiger partial charge in [-0.25, -0.2) is 9.59 Å². The van der Waals surface area contributed by atoms with Crippen LogP contribution in [0.5, 0.6) is 11.5 Å². The van der Waals surface area contributed by atoms with Gasteiger partial charge < -0.3 is 18.9 Å². The number of rotatable bonds is 14. The number of ether oxygens (including phenoxy) is 4. The van der Waals surface area contributed by atoms with Crippen LogP contribution in [0.2, 0.25) is 0 Å². The Hall–Kier alpha value is -3.28. The second-order valence-corrected chi connectivity index (χ2v) is 9.07. The van der Waals surface area contributed by atoms with Crippen LogP contribution in [0.1, 0.15) is 72.3 Å². The average molecular weight is 509 g/mol. The molecule has 3 aromatic carbocycles. The highest BCUT2D eigenvalue weighted by atomic mass is 16.6. The van der Waals surface area contributed by atoms with Crippen molar-refractivity contribution in [1.29, 1.82) is 0 Å². The van der Waals surface area contributed by atoms with Crippen molar-refractivity contribution in [2.75, 3.05) is 13.2 Å². The van der Waals surface area contributed by atoms with E-state index in [4.69, 9.17) is 18.9 Å². The molecule has 0 spiro atoms. The minimum Gasteiger partial charge on any atom is -0.477 e. The second kappa shape index (κ2) is 13.9. The molecule has 37 heavy (non-hydrogen) atoms. The lowest BCUT2D eigenvalue weighted by Gasteiger charge is -2.23. The fourth-order valence-corrected chi connectivity index (χ4v) is 4.49. The first-order valence-electron chi connectivity index (χ1n) is 13.6. The summed E-state index contributed by atoms with van der Waals surface area (Å²) in [4.78, 5) is 25.3. The first-order chi connectivity index (χ1) is 18.0. The van der Waals surface area contributed by atoms with Crippen molar-refractivity contribution in [3.05, 3.63) is 48.0 Å². The maximum Gasteiger partial charge on any atom is 0.347 e. The number of benzene rings is 3. The summed E-state index contributed by atoms with van der Waals surface area (Å²) in [5.74, 6) is 0.476. The van der Waals surface area contributed by atoms with Gasteiger partial charge in [0.2, 0.25) is 0 Å². The second-order valence-electron chi connectivity index (χ2n) is 9.07. The van der Waals surface area contributed by atoms with Crippen molar-refractivity contribution < 1.29 is 28.5 Å². The van der Waals surface area contributed by atoms with E-state index >= 15 is 0 Å². The number of esters is 2. The van der Waals surface area contributed by atoms with Gasteiger partial charge in [0.05, 0.1) is 13.2 Å². The molecule has 3 rings (SSSR count). The molecular weight excluding hydrogens is 468 g/mol. The molecule has 2 unspecified atom stereocenters. The fourth-order valence-electron chi connectivity index (χ4n) is 4.49. The minimum atomic E-state index is -0.731. The normalized spacial score (nSPS) is 12.8. The Morgan fingerprint density at radius 3 is 1.68 bits per heavy atom. The lowest BCUT2D eigenvalue weighted by molar-refractivity contribution is -0.152. The van der Waals surface area contributed by atoms with E-state index < -0.39 is 12.2 Å². The molecule has 0 aromatic heterocycles. The lowest BCUT2D eigenvalue weighted by Crippen LogP contribution is -2.29. The topological polar surface area (TPSA) is 71.1 Å². The standard InChI is InChI=1S/C31H40O6/c1-6-11-12-15-21-18-19-24-25(20-21)29(37-27(8-3)31(33)35-10-5)23-17-14-13-16-22(23)28(24)36-26(7-2)30(32)34-9-4/h13-14,16-20,26-27H,6-12,15H2,1-5H3. The van der Waals surface area contributed by atoms with Crippen LogP contribution in [0.25, 0.3) is 21.5 Å². The maximum absolute atomic E-state index is 12.7. The van der Waals surface area contributed by atoms with Crippen molar-refractivity contribution in [3.8, 4) is 11.5 Å². The van der Waals surface area contributed by atoms with Crippen molar-refractivity contribution >= 4 is 33.5 Å². The van der Waals surface area contributed by atoms with Crippen LogP contribution in [-0.2, 0) is 25.5 Å². The molecule has 0 saturated carbocycles. The fraction of sp³-hybridized carbons (Fsp3) is 0.484. The molecule has 0 aliphatic carbocycles. The van der Waals surface area contributed by atoms with Gasteiger partial charge in [-0.05, 0) is 51.2 Å². The van der Waals surface area contributed by atoms with Gasteiger partial charge in [0.15, 0.2) is 12.2 Å². The predicted octanol–water partition coefficient (Wildman–Crippen LogP) is 7.17. The summed E-state index contributed by atoms with van der Waals surface area (Å²) in [5, 5.41) is 3.31. The quantitative estimate of drug-likeness (QED) is 0.131. The molecule has 0 radical (unpaired) electrons. The summed E-state index contributed by atoms with van der Waals surface area (Å²) < 4.78 is 23.4. The maximum atomic E-state index is 12.7. The molecule has 0 aliphatic rings. The third kappa shape index (κ3) is 6.73. The van der Waals surface area contributed by atoms with Gasteiger partial charge in [-0.2, -0.15) is 0 Å². The Labute approximate surface area is 220 Å². The molecule has 0 N–H and O–H groups in total. The molecule has 0 aliphatic heterocycles. The highest BCUT2D eigenvalue weighted by Crippen LogP contribution is 2.44. The van der Waals surface area contributed by atoms with Crippen LogP contribution in [0.4, 0.5) is 0 Å². The largest absolute Gasteiger partial charge is 0.477 e. The molecule has 2 atom stereocenters. The van der Waals surface area contributed by atoms with Crippen molar-refractivity contribution in [1.82, 2.24) is 0 Å². The van der Waals surface area contributed by atoms with Gasteiger partial charge in [-0.1, -0.05) is 70.0 Å². The van der Waals surface area contributed by atoms with E-state index in [1.54, 1.807) is 13.8 Å². The molecule has 6 nitrogen and oxygen atoms in total. The summed E-state index contributed by atoms with van der Waals surface area (Å²) in [7, 11) is 0. The number of fused-ring (bicyclic) bond motifs is 2. The average Bonchev–Trinajstić information content (AvgIpc) is 2.91. The Morgan fingerprint density at radius 1 is 0.676 bits per heavy atom. The van der Waals surface area contributed by atoms with E-state index in [1.807, 2.05) is 44.2 Å². The monoisotopic (exact) mass is 508 g/mol. The zero-order chi connectivity index (χ0) is 26.8. The molecule has 3 aromatic rings. The van der Waals surface area contributed by atoms with Crippen LogP contribution >= 0.6 is 0 Å². The van der Waals surface area contributed by atoms with Gasteiger partial charge >= 0.3 is 11.9 Å². The summed E-state index contributed by atoms with van der Waals surface area (Å²) in [6.45, 7) is 10.2. The van der Waals surface area contributed by atoms with Gasteiger partial charge in [-0.3, -0.25) is 0 Å². The summed E-state index contributed by atoms with van der Waals surface area (Å²) in [6.07, 6.45) is 3.83. The number of aryl methyl sites for hydroxylation is 1. The third-order valence-electron chi connectivity index (χ3n) is 6.42. The van der Waals surface area contributed by atoms with E-state index in [0.29, 0.717) is 37.6 Å². The lowest BCUT2D eigenvalue weighted by atomic mass is 9.97. The molecule has 6 heteroatoms. The zero-order valence-electron chi connectivity index (χ0n) is 22.8. The first-order valence-corrected chi connectivity index (χ1v) is 13.6. The van der Waals surface area contributed by atoms with E-state index in [2.05, 4.69) is 19.1 Å². The van der Waals surface area contributed by atoms with Crippen LogP contribution in [0.3, 0.4) is 0 Å². The number of hydrogen-bond acceptors (Lipinski definition) is 6. The first kappa shape index (κ1) is 28.3. The Kier molecular flexibility index (Phi) is 10.6. The number of carbonyl (C=O) groups excluding carboxylic acids is 2. The molecule has 0 heterocycles. The molecular formula is C31H40O6. The Balaban J connectivity index is 2.23. The third-order valence-corrected chi connectivity index (χ3v) is 6.42. The molecule has 0 fully saturated rings. The van der Waals surface area contributed by atoms with Crippen LogP contribution < -0.4 is 9.47 Å². The number of unbranched alkanes of at least 4 members (excludes halogenated alkanes) is 2. The van der Waals surface area contributed by atoms with Gasteiger partial charge in [-0.15, -0.1) is 0 Å². The highest BCUT2D eigenvalue weighted by molar-refractivity contribution is 6.11. The van der Waals surface area contributed by atoms with Crippen molar-refractivity contribution in [2.24, 2.45) is 0 Å². The molecule has 200 valence electrons. The van der Waals surface area contributed by atoms with Gasteiger partial charge in [0.25, 0.3) is 0 Å². The Morgan fingerprint density at radius 2 is 1.19 bits per heavy atom.